The third-order valence-electron chi connectivity index (χ3n) is 2.11. The standard InChI is InChI=1S/C10H11N5/c11-9(8-6-13-4-5-14-8)7-2-1-3-15-10(7)12/h1-6,9H,11H2,(H2,12,15). The highest BCUT2D eigenvalue weighted by Gasteiger charge is 2.13. The molecule has 76 valence electrons. The molecule has 0 saturated heterocycles. The van der Waals surface area contributed by atoms with E-state index in [-0.39, 0.29) is 6.04 Å². The lowest BCUT2D eigenvalue weighted by atomic mass is 10.1. The summed E-state index contributed by atoms with van der Waals surface area (Å²) < 4.78 is 0. The molecule has 2 aromatic heterocycles. The van der Waals surface area contributed by atoms with Gasteiger partial charge in [-0.3, -0.25) is 9.97 Å². The molecule has 0 aliphatic rings. The van der Waals surface area contributed by atoms with Gasteiger partial charge in [0.1, 0.15) is 5.82 Å². The summed E-state index contributed by atoms with van der Waals surface area (Å²) in [6, 6.07) is 3.25. The Hall–Kier alpha value is -2.01. The Kier molecular flexibility index (Phi) is 2.55. The lowest BCUT2D eigenvalue weighted by Crippen LogP contribution is -2.16. The zero-order valence-corrected chi connectivity index (χ0v) is 8.04. The lowest BCUT2D eigenvalue weighted by Gasteiger charge is -2.11. The molecule has 2 rings (SSSR count). The molecule has 0 aliphatic heterocycles. The summed E-state index contributed by atoms with van der Waals surface area (Å²) >= 11 is 0. The molecule has 15 heavy (non-hydrogen) atoms. The van der Waals surface area contributed by atoms with Crippen molar-refractivity contribution in [2.75, 3.05) is 5.73 Å². The van der Waals surface area contributed by atoms with Crippen molar-refractivity contribution in [3.63, 3.8) is 0 Å². The monoisotopic (exact) mass is 201 g/mol. The molecule has 0 saturated carbocycles. The van der Waals surface area contributed by atoms with Crippen LogP contribution in [0.3, 0.4) is 0 Å². The molecule has 0 amide bonds. The van der Waals surface area contributed by atoms with E-state index >= 15 is 0 Å². The molecule has 2 aromatic rings. The van der Waals surface area contributed by atoms with Crippen LogP contribution in [0.1, 0.15) is 17.3 Å². The zero-order valence-electron chi connectivity index (χ0n) is 8.04. The van der Waals surface area contributed by atoms with Crippen LogP contribution in [-0.2, 0) is 0 Å². The van der Waals surface area contributed by atoms with Crippen LogP contribution in [0.2, 0.25) is 0 Å². The smallest absolute Gasteiger partial charge is 0.128 e. The van der Waals surface area contributed by atoms with Gasteiger partial charge in [-0.15, -0.1) is 0 Å². The second-order valence-electron chi connectivity index (χ2n) is 3.09. The molecule has 1 unspecified atom stereocenters. The van der Waals surface area contributed by atoms with Crippen LogP contribution in [0.4, 0.5) is 5.82 Å². The van der Waals surface area contributed by atoms with Crippen LogP contribution in [0.25, 0.3) is 0 Å². The van der Waals surface area contributed by atoms with Gasteiger partial charge in [0, 0.05) is 24.2 Å². The van der Waals surface area contributed by atoms with Crippen molar-refractivity contribution < 1.29 is 0 Å². The first-order chi connectivity index (χ1) is 7.29. The molecule has 0 aliphatic carbocycles. The van der Waals surface area contributed by atoms with Crippen molar-refractivity contribution in [2.24, 2.45) is 5.73 Å². The van der Waals surface area contributed by atoms with Crippen molar-refractivity contribution in [1.29, 1.82) is 0 Å². The van der Waals surface area contributed by atoms with E-state index in [1.165, 1.54) is 0 Å². The number of aromatic nitrogens is 3. The average Bonchev–Trinajstić information content (AvgIpc) is 2.30. The maximum absolute atomic E-state index is 5.99. The van der Waals surface area contributed by atoms with Crippen LogP contribution in [0, 0.1) is 0 Å². The minimum Gasteiger partial charge on any atom is -0.383 e. The lowest BCUT2D eigenvalue weighted by molar-refractivity contribution is 0.815. The zero-order chi connectivity index (χ0) is 10.7. The molecule has 5 heteroatoms. The van der Waals surface area contributed by atoms with E-state index < -0.39 is 0 Å². The second-order valence-corrected chi connectivity index (χ2v) is 3.09. The number of nitrogen functional groups attached to an aromatic ring is 1. The van der Waals surface area contributed by atoms with E-state index in [9.17, 15) is 0 Å². The fraction of sp³-hybridized carbons (Fsp3) is 0.100. The molecular formula is C10H11N5. The molecule has 2 heterocycles. The van der Waals surface area contributed by atoms with Gasteiger partial charge in [-0.1, -0.05) is 6.07 Å². The maximum Gasteiger partial charge on any atom is 0.128 e. The molecule has 0 radical (unpaired) electrons. The Morgan fingerprint density at radius 1 is 1.13 bits per heavy atom. The molecule has 0 fully saturated rings. The Bertz CT molecular complexity index is 443. The minimum absolute atomic E-state index is 0.382. The maximum atomic E-state index is 5.99. The largest absolute Gasteiger partial charge is 0.383 e. The molecule has 0 spiro atoms. The minimum atomic E-state index is -0.382. The Balaban J connectivity index is 2.37. The van der Waals surface area contributed by atoms with Gasteiger partial charge in [-0.2, -0.15) is 0 Å². The molecule has 0 aromatic carbocycles. The Morgan fingerprint density at radius 2 is 2.00 bits per heavy atom. The summed E-state index contributed by atoms with van der Waals surface area (Å²) in [5, 5.41) is 0. The van der Waals surface area contributed by atoms with Gasteiger partial charge in [0.05, 0.1) is 17.9 Å². The number of pyridine rings is 1. The Labute approximate surface area is 87.2 Å². The normalized spacial score (nSPS) is 12.3. The van der Waals surface area contributed by atoms with Crippen molar-refractivity contribution in [2.45, 2.75) is 6.04 Å². The first-order valence-corrected chi connectivity index (χ1v) is 4.51. The first kappa shape index (κ1) is 9.54. The predicted octanol–water partition coefficient (Wildman–Crippen LogP) is 0.502. The van der Waals surface area contributed by atoms with E-state index in [1.807, 2.05) is 6.07 Å². The Morgan fingerprint density at radius 3 is 2.67 bits per heavy atom. The van der Waals surface area contributed by atoms with Crippen LogP contribution in [0.15, 0.2) is 36.9 Å². The van der Waals surface area contributed by atoms with E-state index in [0.717, 1.165) is 5.56 Å². The third-order valence-corrected chi connectivity index (χ3v) is 2.11. The van der Waals surface area contributed by atoms with E-state index in [2.05, 4.69) is 15.0 Å². The number of nitrogens with two attached hydrogens (primary N) is 2. The van der Waals surface area contributed by atoms with Crippen molar-refractivity contribution in [3.05, 3.63) is 48.2 Å². The summed E-state index contributed by atoms with van der Waals surface area (Å²) in [5.41, 5.74) is 13.2. The molecule has 1 atom stereocenters. The van der Waals surface area contributed by atoms with Crippen LogP contribution in [-0.4, -0.2) is 15.0 Å². The van der Waals surface area contributed by atoms with Crippen molar-refractivity contribution >= 4 is 5.82 Å². The number of hydrogen-bond donors (Lipinski definition) is 2. The highest BCUT2D eigenvalue weighted by molar-refractivity contribution is 5.43. The molecule has 0 bridgehead atoms. The average molecular weight is 201 g/mol. The highest BCUT2D eigenvalue weighted by Crippen LogP contribution is 2.20. The highest BCUT2D eigenvalue weighted by atomic mass is 14.9. The van der Waals surface area contributed by atoms with Gasteiger partial charge in [-0.25, -0.2) is 4.98 Å². The van der Waals surface area contributed by atoms with Crippen LogP contribution < -0.4 is 11.5 Å². The second kappa shape index (κ2) is 4.02. The summed E-state index contributed by atoms with van der Waals surface area (Å²) in [5.74, 6) is 0.427. The van der Waals surface area contributed by atoms with Crippen LogP contribution in [0.5, 0.6) is 0 Å². The fourth-order valence-electron chi connectivity index (χ4n) is 1.32. The van der Waals surface area contributed by atoms with Crippen molar-refractivity contribution in [1.82, 2.24) is 15.0 Å². The quantitative estimate of drug-likeness (QED) is 0.738. The predicted molar refractivity (Wildman–Crippen MR) is 56.7 cm³/mol. The number of rotatable bonds is 2. The summed E-state index contributed by atoms with van der Waals surface area (Å²) in [6.07, 6.45) is 6.45. The SMILES string of the molecule is Nc1ncccc1C(N)c1cnccn1. The third kappa shape index (κ3) is 1.92. The van der Waals surface area contributed by atoms with E-state index in [0.29, 0.717) is 11.5 Å². The number of nitrogens with zero attached hydrogens (tertiary/aromatic N) is 3. The fourth-order valence-corrected chi connectivity index (χ4v) is 1.32. The summed E-state index contributed by atoms with van der Waals surface area (Å²) in [4.78, 5) is 12.1. The molecular weight excluding hydrogens is 190 g/mol. The van der Waals surface area contributed by atoms with Crippen molar-refractivity contribution in [3.8, 4) is 0 Å². The first-order valence-electron chi connectivity index (χ1n) is 4.51. The van der Waals surface area contributed by atoms with Gasteiger partial charge in [0.25, 0.3) is 0 Å². The van der Waals surface area contributed by atoms with Gasteiger partial charge in [0.2, 0.25) is 0 Å². The summed E-state index contributed by atoms with van der Waals surface area (Å²) in [6.45, 7) is 0. The molecule has 5 nitrogen and oxygen atoms in total. The molecule has 4 N–H and O–H groups in total. The van der Waals surface area contributed by atoms with Gasteiger partial charge < -0.3 is 11.5 Å². The van der Waals surface area contributed by atoms with Gasteiger partial charge >= 0.3 is 0 Å². The van der Waals surface area contributed by atoms with Crippen LogP contribution >= 0.6 is 0 Å². The van der Waals surface area contributed by atoms with E-state index in [1.54, 1.807) is 30.9 Å². The number of anilines is 1. The van der Waals surface area contributed by atoms with Gasteiger partial charge in [0.15, 0.2) is 0 Å². The summed E-state index contributed by atoms with van der Waals surface area (Å²) in [7, 11) is 0. The van der Waals surface area contributed by atoms with Gasteiger partial charge in [-0.05, 0) is 6.07 Å². The van der Waals surface area contributed by atoms with E-state index in [4.69, 9.17) is 11.5 Å². The topological polar surface area (TPSA) is 90.7 Å². The number of hydrogen-bond acceptors (Lipinski definition) is 5.